The van der Waals surface area contributed by atoms with Crippen LogP contribution in [0.4, 0.5) is 0 Å². The number of carboxylic acid groups (broad SMARTS) is 1. The summed E-state index contributed by atoms with van der Waals surface area (Å²) in [7, 11) is 0. The van der Waals surface area contributed by atoms with Gasteiger partial charge in [0, 0.05) is 5.02 Å². The quantitative estimate of drug-likeness (QED) is 0.913. The molecule has 0 spiro atoms. The third kappa shape index (κ3) is 2.26. The maximum atomic E-state index is 11.0. The molecule has 0 saturated heterocycles. The number of aromatic nitrogens is 1. The van der Waals surface area contributed by atoms with Crippen molar-refractivity contribution >= 4 is 44.8 Å². The van der Waals surface area contributed by atoms with Gasteiger partial charge < -0.3 is 5.11 Å². The summed E-state index contributed by atoms with van der Waals surface area (Å²) in [6.45, 7) is 0. The molecule has 0 radical (unpaired) electrons. The van der Waals surface area contributed by atoms with Gasteiger partial charge in [0.05, 0.1) is 4.88 Å². The number of rotatable bonds is 2. The largest absolute Gasteiger partial charge is 0.476 e. The average molecular weight is 319 g/mol. The molecule has 1 N–H and O–H groups in total. The predicted molar refractivity (Wildman–Crippen MR) is 67.2 cm³/mol. The molecule has 0 atom stereocenters. The second-order valence-corrected chi connectivity index (χ2v) is 5.67. The van der Waals surface area contributed by atoms with E-state index in [1.54, 1.807) is 24.3 Å². The van der Waals surface area contributed by atoms with Gasteiger partial charge >= 0.3 is 5.97 Å². The Labute approximate surface area is 109 Å². The Morgan fingerprint density at radius 2 is 2.25 bits per heavy atom. The zero-order valence-electron chi connectivity index (χ0n) is 7.78. The molecule has 0 saturated carbocycles. The Kier molecular flexibility index (Phi) is 3.28. The number of carbonyl (C=O) groups is 1. The monoisotopic (exact) mass is 317 g/mol. The highest BCUT2D eigenvalue weighted by Crippen LogP contribution is 2.34. The number of carboxylic acids is 1. The number of thiazole rings is 1. The SMILES string of the molecule is O=C(O)c1nc(Br)sc1-c1cccc(Cl)c1. The van der Waals surface area contributed by atoms with Gasteiger partial charge in [0.15, 0.2) is 9.61 Å². The van der Waals surface area contributed by atoms with Crippen LogP contribution in [0, 0.1) is 0 Å². The van der Waals surface area contributed by atoms with E-state index in [1.807, 2.05) is 0 Å². The zero-order chi connectivity index (χ0) is 11.7. The first-order valence-electron chi connectivity index (χ1n) is 4.23. The Hall–Kier alpha value is -0.910. The van der Waals surface area contributed by atoms with Gasteiger partial charge in [-0.2, -0.15) is 0 Å². The van der Waals surface area contributed by atoms with Crippen LogP contribution in [0.15, 0.2) is 28.2 Å². The van der Waals surface area contributed by atoms with Crippen molar-refractivity contribution in [3.8, 4) is 10.4 Å². The molecule has 0 unspecified atom stereocenters. The molecule has 82 valence electrons. The number of aromatic carboxylic acids is 1. The summed E-state index contributed by atoms with van der Waals surface area (Å²) in [5.41, 5.74) is 0.798. The summed E-state index contributed by atoms with van der Waals surface area (Å²) in [5, 5.41) is 9.57. The zero-order valence-corrected chi connectivity index (χ0v) is 10.9. The second kappa shape index (κ2) is 4.53. The van der Waals surface area contributed by atoms with Crippen LogP contribution in [0.2, 0.25) is 5.02 Å². The van der Waals surface area contributed by atoms with Crippen LogP contribution in [0.1, 0.15) is 10.5 Å². The maximum absolute atomic E-state index is 11.0. The van der Waals surface area contributed by atoms with Crippen molar-refractivity contribution in [3.63, 3.8) is 0 Å². The molecule has 0 aliphatic rings. The van der Waals surface area contributed by atoms with Gasteiger partial charge in [0.25, 0.3) is 0 Å². The molecule has 0 aliphatic carbocycles. The standard InChI is InChI=1S/C10H5BrClNO2S/c11-10-13-7(9(14)15)8(16-10)5-2-1-3-6(12)4-5/h1-4H,(H,14,15). The number of hydrogen-bond acceptors (Lipinski definition) is 3. The van der Waals surface area contributed by atoms with E-state index in [-0.39, 0.29) is 5.69 Å². The maximum Gasteiger partial charge on any atom is 0.356 e. The van der Waals surface area contributed by atoms with Crippen LogP contribution >= 0.6 is 38.9 Å². The van der Waals surface area contributed by atoms with Crippen molar-refractivity contribution in [1.29, 1.82) is 0 Å². The van der Waals surface area contributed by atoms with E-state index in [9.17, 15) is 4.79 Å². The minimum absolute atomic E-state index is 0.0409. The summed E-state index contributed by atoms with van der Waals surface area (Å²) in [6, 6.07) is 7.03. The third-order valence-electron chi connectivity index (χ3n) is 1.89. The Balaban J connectivity index is 2.59. The highest BCUT2D eigenvalue weighted by molar-refractivity contribution is 9.11. The van der Waals surface area contributed by atoms with E-state index < -0.39 is 5.97 Å². The first-order chi connectivity index (χ1) is 7.58. The van der Waals surface area contributed by atoms with Crippen LogP contribution < -0.4 is 0 Å². The Morgan fingerprint density at radius 3 is 2.88 bits per heavy atom. The lowest BCUT2D eigenvalue weighted by molar-refractivity contribution is 0.0692. The summed E-state index contributed by atoms with van der Waals surface area (Å²) < 4.78 is 0.542. The first-order valence-corrected chi connectivity index (χ1v) is 6.22. The van der Waals surface area contributed by atoms with E-state index in [0.29, 0.717) is 13.8 Å². The molecule has 6 heteroatoms. The van der Waals surface area contributed by atoms with Gasteiger partial charge in [-0.1, -0.05) is 23.7 Å². The number of hydrogen-bond donors (Lipinski definition) is 1. The predicted octanol–water partition coefficient (Wildman–Crippen LogP) is 3.92. The molecule has 0 fully saturated rings. The van der Waals surface area contributed by atoms with E-state index in [1.165, 1.54) is 11.3 Å². The van der Waals surface area contributed by atoms with E-state index in [0.717, 1.165) is 5.56 Å². The molecule has 1 heterocycles. The fraction of sp³-hybridized carbons (Fsp3) is 0. The van der Waals surface area contributed by atoms with Gasteiger partial charge in [-0.25, -0.2) is 9.78 Å². The van der Waals surface area contributed by atoms with Crippen LogP contribution in [-0.4, -0.2) is 16.1 Å². The molecule has 0 bridgehead atoms. The minimum Gasteiger partial charge on any atom is -0.476 e. The highest BCUT2D eigenvalue weighted by Gasteiger charge is 2.17. The lowest BCUT2D eigenvalue weighted by Gasteiger charge is -1.99. The van der Waals surface area contributed by atoms with E-state index in [2.05, 4.69) is 20.9 Å². The van der Waals surface area contributed by atoms with Crippen LogP contribution in [0.5, 0.6) is 0 Å². The van der Waals surface area contributed by atoms with E-state index >= 15 is 0 Å². The van der Waals surface area contributed by atoms with Crippen molar-refractivity contribution in [2.45, 2.75) is 0 Å². The molecule has 16 heavy (non-hydrogen) atoms. The van der Waals surface area contributed by atoms with Gasteiger partial charge in [0.1, 0.15) is 0 Å². The van der Waals surface area contributed by atoms with Gasteiger partial charge in [-0.15, -0.1) is 11.3 Å². The fourth-order valence-electron chi connectivity index (χ4n) is 1.26. The van der Waals surface area contributed by atoms with Crippen molar-refractivity contribution < 1.29 is 9.90 Å². The fourth-order valence-corrected chi connectivity index (χ4v) is 2.90. The van der Waals surface area contributed by atoms with Crippen molar-refractivity contribution in [1.82, 2.24) is 4.98 Å². The summed E-state index contributed by atoms with van der Waals surface area (Å²) in [6.07, 6.45) is 0. The second-order valence-electron chi connectivity index (χ2n) is 2.96. The molecule has 2 rings (SSSR count). The lowest BCUT2D eigenvalue weighted by atomic mass is 10.1. The van der Waals surface area contributed by atoms with Gasteiger partial charge in [-0.3, -0.25) is 0 Å². The van der Waals surface area contributed by atoms with Crippen molar-refractivity contribution in [2.75, 3.05) is 0 Å². The summed E-state index contributed by atoms with van der Waals surface area (Å²) in [5.74, 6) is -1.04. The average Bonchev–Trinajstić information content (AvgIpc) is 2.60. The molecule has 0 aliphatic heterocycles. The van der Waals surface area contributed by atoms with Crippen LogP contribution in [-0.2, 0) is 0 Å². The summed E-state index contributed by atoms with van der Waals surface area (Å²) in [4.78, 5) is 15.5. The molecule has 2 aromatic rings. The van der Waals surface area contributed by atoms with Gasteiger partial charge in [0.2, 0.25) is 0 Å². The topological polar surface area (TPSA) is 50.2 Å². The molecule has 0 amide bonds. The molecule has 1 aromatic heterocycles. The first kappa shape index (κ1) is 11.6. The Bertz CT molecular complexity index is 556. The summed E-state index contributed by atoms with van der Waals surface area (Å²) >= 11 is 10.3. The number of benzene rings is 1. The molecule has 3 nitrogen and oxygen atoms in total. The lowest BCUT2D eigenvalue weighted by Crippen LogP contribution is -1.98. The van der Waals surface area contributed by atoms with Crippen molar-refractivity contribution in [3.05, 3.63) is 38.9 Å². The number of nitrogens with zero attached hydrogens (tertiary/aromatic N) is 1. The number of halogens is 2. The van der Waals surface area contributed by atoms with E-state index in [4.69, 9.17) is 16.7 Å². The highest BCUT2D eigenvalue weighted by atomic mass is 79.9. The Morgan fingerprint density at radius 1 is 1.50 bits per heavy atom. The molecular weight excluding hydrogens is 314 g/mol. The van der Waals surface area contributed by atoms with Gasteiger partial charge in [-0.05, 0) is 33.6 Å². The smallest absolute Gasteiger partial charge is 0.356 e. The van der Waals surface area contributed by atoms with Crippen LogP contribution in [0.3, 0.4) is 0 Å². The molecule has 1 aromatic carbocycles. The normalized spacial score (nSPS) is 10.4. The van der Waals surface area contributed by atoms with Crippen molar-refractivity contribution in [2.24, 2.45) is 0 Å². The minimum atomic E-state index is -1.04. The van der Waals surface area contributed by atoms with Crippen LogP contribution in [0.25, 0.3) is 10.4 Å². The third-order valence-corrected chi connectivity index (χ3v) is 3.68. The molecular formula is C10H5BrClNO2S.